The van der Waals surface area contributed by atoms with Crippen LogP contribution in [0.3, 0.4) is 0 Å². The summed E-state index contributed by atoms with van der Waals surface area (Å²) < 4.78 is 5.03. The van der Waals surface area contributed by atoms with Gasteiger partial charge in [-0.15, -0.1) is 0 Å². The van der Waals surface area contributed by atoms with Crippen LogP contribution >= 0.6 is 0 Å². The van der Waals surface area contributed by atoms with Crippen molar-refractivity contribution in [3.05, 3.63) is 0 Å². The van der Waals surface area contributed by atoms with E-state index in [9.17, 15) is 0 Å². The molecular formula is C12H28N2O. The van der Waals surface area contributed by atoms with E-state index in [1.54, 1.807) is 7.11 Å². The highest BCUT2D eigenvalue weighted by molar-refractivity contribution is 4.55. The Bertz CT molecular complexity index is 129. The molecule has 0 amide bonds. The van der Waals surface area contributed by atoms with Crippen LogP contribution in [0.1, 0.15) is 33.1 Å². The molecular weight excluding hydrogens is 188 g/mol. The van der Waals surface area contributed by atoms with Crippen molar-refractivity contribution in [3.8, 4) is 0 Å². The lowest BCUT2D eigenvalue weighted by Crippen LogP contribution is -2.25. The van der Waals surface area contributed by atoms with E-state index < -0.39 is 0 Å². The summed E-state index contributed by atoms with van der Waals surface area (Å²) in [5.74, 6) is 0. The van der Waals surface area contributed by atoms with Gasteiger partial charge in [-0.1, -0.05) is 20.3 Å². The van der Waals surface area contributed by atoms with Crippen molar-refractivity contribution in [2.45, 2.75) is 39.2 Å². The van der Waals surface area contributed by atoms with E-state index in [1.807, 2.05) is 0 Å². The fraction of sp³-hybridized carbons (Fsp3) is 1.00. The fourth-order valence-electron chi connectivity index (χ4n) is 1.43. The summed E-state index contributed by atoms with van der Waals surface area (Å²) in [5, 5.41) is 3.43. The summed E-state index contributed by atoms with van der Waals surface area (Å²) in [6, 6.07) is 0.620. The quantitative estimate of drug-likeness (QED) is 0.563. The van der Waals surface area contributed by atoms with Gasteiger partial charge in [-0.05, 0) is 33.0 Å². The average Bonchev–Trinajstić information content (AvgIpc) is 2.19. The van der Waals surface area contributed by atoms with Crippen LogP contribution in [0.4, 0.5) is 0 Å². The minimum Gasteiger partial charge on any atom is -0.383 e. The molecule has 0 aromatic carbocycles. The molecule has 1 N–H and O–H groups in total. The number of ether oxygens (including phenoxy) is 1. The fourth-order valence-corrected chi connectivity index (χ4v) is 1.43. The first-order chi connectivity index (χ1) is 7.16. The molecule has 0 aromatic rings. The van der Waals surface area contributed by atoms with Crippen LogP contribution in [0.25, 0.3) is 0 Å². The highest BCUT2D eigenvalue weighted by Crippen LogP contribution is 1.96. The molecule has 3 nitrogen and oxygen atoms in total. The molecule has 0 fully saturated rings. The van der Waals surface area contributed by atoms with Crippen molar-refractivity contribution in [3.63, 3.8) is 0 Å². The number of unbranched alkanes of at least 4 members (excludes halogenated alkanes) is 2. The standard InChI is InChI=1S/C12H28N2O/c1-12(2)13-8-6-5-7-9-14(3)10-11-15-4/h12-13H,5-11H2,1-4H3. The van der Waals surface area contributed by atoms with E-state index in [0.29, 0.717) is 6.04 Å². The van der Waals surface area contributed by atoms with Gasteiger partial charge in [0.2, 0.25) is 0 Å². The van der Waals surface area contributed by atoms with Gasteiger partial charge in [-0.2, -0.15) is 0 Å². The maximum Gasteiger partial charge on any atom is 0.0589 e. The maximum atomic E-state index is 5.03. The molecule has 0 rings (SSSR count). The minimum atomic E-state index is 0.620. The normalized spacial score (nSPS) is 11.6. The number of hydrogen-bond acceptors (Lipinski definition) is 3. The summed E-state index contributed by atoms with van der Waals surface area (Å²) in [4.78, 5) is 2.33. The largest absolute Gasteiger partial charge is 0.383 e. The Balaban J connectivity index is 3.09. The number of likely N-dealkylation sites (N-methyl/N-ethyl adjacent to an activating group) is 1. The summed E-state index contributed by atoms with van der Waals surface area (Å²) >= 11 is 0. The Morgan fingerprint density at radius 3 is 2.47 bits per heavy atom. The highest BCUT2D eigenvalue weighted by atomic mass is 16.5. The molecule has 92 valence electrons. The second-order valence-electron chi connectivity index (χ2n) is 4.47. The maximum absolute atomic E-state index is 5.03. The zero-order valence-corrected chi connectivity index (χ0v) is 10.9. The Kier molecular flexibility index (Phi) is 10.3. The average molecular weight is 216 g/mol. The van der Waals surface area contributed by atoms with Crippen LogP contribution in [-0.4, -0.2) is 51.3 Å². The van der Waals surface area contributed by atoms with Gasteiger partial charge in [0.05, 0.1) is 6.61 Å². The zero-order valence-electron chi connectivity index (χ0n) is 10.9. The molecule has 0 atom stereocenters. The van der Waals surface area contributed by atoms with Crippen molar-refractivity contribution >= 4 is 0 Å². The predicted octanol–water partition coefficient (Wildman–Crippen LogP) is 1.73. The van der Waals surface area contributed by atoms with Gasteiger partial charge in [0.25, 0.3) is 0 Å². The second-order valence-corrected chi connectivity index (χ2v) is 4.47. The van der Waals surface area contributed by atoms with Crippen LogP contribution in [0.5, 0.6) is 0 Å². The van der Waals surface area contributed by atoms with Crippen LogP contribution in [-0.2, 0) is 4.74 Å². The van der Waals surface area contributed by atoms with Crippen molar-refractivity contribution in [1.82, 2.24) is 10.2 Å². The Morgan fingerprint density at radius 2 is 1.87 bits per heavy atom. The van der Waals surface area contributed by atoms with Crippen LogP contribution in [0.2, 0.25) is 0 Å². The lowest BCUT2D eigenvalue weighted by molar-refractivity contribution is 0.160. The smallest absolute Gasteiger partial charge is 0.0589 e. The Morgan fingerprint density at radius 1 is 1.13 bits per heavy atom. The molecule has 0 bridgehead atoms. The highest BCUT2D eigenvalue weighted by Gasteiger charge is 1.97. The molecule has 0 saturated carbocycles. The van der Waals surface area contributed by atoms with E-state index in [-0.39, 0.29) is 0 Å². The SMILES string of the molecule is COCCN(C)CCCCCNC(C)C. The predicted molar refractivity (Wildman–Crippen MR) is 66.4 cm³/mol. The first kappa shape index (κ1) is 14.9. The number of nitrogens with zero attached hydrogens (tertiary/aromatic N) is 1. The first-order valence-corrected chi connectivity index (χ1v) is 6.07. The molecule has 0 aromatic heterocycles. The van der Waals surface area contributed by atoms with Crippen LogP contribution < -0.4 is 5.32 Å². The molecule has 0 spiro atoms. The van der Waals surface area contributed by atoms with Crippen LogP contribution in [0.15, 0.2) is 0 Å². The third kappa shape index (κ3) is 11.8. The molecule has 3 heteroatoms. The molecule has 0 aliphatic rings. The first-order valence-electron chi connectivity index (χ1n) is 6.07. The lowest BCUT2D eigenvalue weighted by Gasteiger charge is -2.15. The van der Waals surface area contributed by atoms with Crippen molar-refractivity contribution in [1.29, 1.82) is 0 Å². The molecule has 0 saturated heterocycles. The van der Waals surface area contributed by atoms with Crippen molar-refractivity contribution in [2.24, 2.45) is 0 Å². The van der Waals surface area contributed by atoms with Gasteiger partial charge in [-0.25, -0.2) is 0 Å². The topological polar surface area (TPSA) is 24.5 Å². The number of methoxy groups -OCH3 is 1. The minimum absolute atomic E-state index is 0.620. The lowest BCUT2D eigenvalue weighted by atomic mass is 10.2. The van der Waals surface area contributed by atoms with Crippen molar-refractivity contribution in [2.75, 3.05) is 40.4 Å². The Labute approximate surface area is 95.2 Å². The molecule has 15 heavy (non-hydrogen) atoms. The molecule has 0 aliphatic carbocycles. The third-order valence-electron chi connectivity index (χ3n) is 2.45. The number of hydrogen-bond donors (Lipinski definition) is 1. The summed E-state index contributed by atoms with van der Waals surface area (Å²) in [5.41, 5.74) is 0. The zero-order chi connectivity index (χ0) is 11.5. The summed E-state index contributed by atoms with van der Waals surface area (Å²) in [6.45, 7) is 8.60. The monoisotopic (exact) mass is 216 g/mol. The van der Waals surface area contributed by atoms with Gasteiger partial charge in [-0.3, -0.25) is 0 Å². The third-order valence-corrected chi connectivity index (χ3v) is 2.45. The number of rotatable bonds is 10. The Hall–Kier alpha value is -0.120. The van der Waals surface area contributed by atoms with E-state index in [2.05, 4.69) is 31.1 Å². The molecule has 0 radical (unpaired) electrons. The molecule has 0 heterocycles. The molecule has 0 aliphatic heterocycles. The number of nitrogens with one attached hydrogen (secondary N) is 1. The second kappa shape index (κ2) is 10.4. The van der Waals surface area contributed by atoms with E-state index in [4.69, 9.17) is 4.74 Å². The van der Waals surface area contributed by atoms with Crippen LogP contribution in [0, 0.1) is 0 Å². The van der Waals surface area contributed by atoms with E-state index >= 15 is 0 Å². The van der Waals surface area contributed by atoms with E-state index in [1.165, 1.54) is 25.8 Å². The molecule has 0 unspecified atom stereocenters. The van der Waals surface area contributed by atoms with Gasteiger partial charge in [0, 0.05) is 19.7 Å². The van der Waals surface area contributed by atoms with Gasteiger partial charge in [0.15, 0.2) is 0 Å². The van der Waals surface area contributed by atoms with Gasteiger partial charge in [0.1, 0.15) is 0 Å². The van der Waals surface area contributed by atoms with Crippen molar-refractivity contribution < 1.29 is 4.74 Å². The van der Waals surface area contributed by atoms with Gasteiger partial charge >= 0.3 is 0 Å². The summed E-state index contributed by atoms with van der Waals surface area (Å²) in [6.07, 6.45) is 3.90. The van der Waals surface area contributed by atoms with Gasteiger partial charge < -0.3 is 15.0 Å². The van der Waals surface area contributed by atoms with E-state index in [0.717, 1.165) is 19.7 Å². The summed E-state index contributed by atoms with van der Waals surface area (Å²) in [7, 11) is 3.91.